The minimum absolute atomic E-state index is 0.184. The molecule has 1 aliphatic carbocycles. The number of aromatic nitrogens is 2. The van der Waals surface area contributed by atoms with E-state index in [-0.39, 0.29) is 11.5 Å². The van der Waals surface area contributed by atoms with Gasteiger partial charge < -0.3 is 19.9 Å². The smallest absolute Gasteiger partial charge is 0.228 e. The minimum atomic E-state index is 0.184. The van der Waals surface area contributed by atoms with Crippen LogP contribution in [-0.2, 0) is 11.2 Å². The lowest BCUT2D eigenvalue weighted by molar-refractivity contribution is -0.0333. The number of morpholine rings is 1. The number of hydrogen-bond donors (Lipinski definition) is 2. The van der Waals surface area contributed by atoms with Gasteiger partial charge in [0, 0.05) is 44.1 Å². The Balaban J connectivity index is 1.58. The fourth-order valence-electron chi connectivity index (χ4n) is 4.28. The van der Waals surface area contributed by atoms with Crippen molar-refractivity contribution in [3.8, 4) is 0 Å². The Morgan fingerprint density at radius 3 is 2.59 bits per heavy atom. The number of rotatable bonds is 8. The molecule has 0 bridgehead atoms. The van der Waals surface area contributed by atoms with E-state index in [2.05, 4.69) is 46.4 Å². The van der Waals surface area contributed by atoms with Crippen LogP contribution in [0.25, 0.3) is 0 Å². The molecule has 0 atom stereocenters. The van der Waals surface area contributed by atoms with Gasteiger partial charge in [-0.1, -0.05) is 38.3 Å². The largest absolute Gasteiger partial charge is 0.379 e. The molecule has 0 amide bonds. The predicted molar refractivity (Wildman–Crippen MR) is 114 cm³/mol. The van der Waals surface area contributed by atoms with Gasteiger partial charge in [0.1, 0.15) is 0 Å². The van der Waals surface area contributed by atoms with Gasteiger partial charge in [-0.25, -0.2) is 0 Å². The third kappa shape index (κ3) is 6.15. The summed E-state index contributed by atoms with van der Waals surface area (Å²) in [6, 6.07) is 0. The second-order valence-electron chi connectivity index (χ2n) is 8.46. The molecule has 0 unspecified atom stereocenters. The van der Waals surface area contributed by atoms with Crippen LogP contribution >= 0.6 is 0 Å². The lowest BCUT2D eigenvalue weighted by Gasteiger charge is -2.47. The number of guanidine groups is 1. The molecule has 1 saturated heterocycles. The summed E-state index contributed by atoms with van der Waals surface area (Å²) in [5.41, 5.74) is 0.184. The summed E-state index contributed by atoms with van der Waals surface area (Å²) in [4.78, 5) is 12.1. The lowest BCUT2D eigenvalue weighted by atomic mass is 9.80. The van der Waals surface area contributed by atoms with Gasteiger partial charge in [-0.15, -0.1) is 0 Å². The first-order valence-corrected chi connectivity index (χ1v) is 11.3. The van der Waals surface area contributed by atoms with Crippen LogP contribution in [0.5, 0.6) is 0 Å². The molecular formula is C21H38N6O2. The second-order valence-corrected chi connectivity index (χ2v) is 8.46. The van der Waals surface area contributed by atoms with Crippen LogP contribution < -0.4 is 10.6 Å². The van der Waals surface area contributed by atoms with Crippen molar-refractivity contribution >= 4 is 5.96 Å². The summed E-state index contributed by atoms with van der Waals surface area (Å²) in [5, 5.41) is 10.8. The fourth-order valence-corrected chi connectivity index (χ4v) is 4.28. The fraction of sp³-hybridized carbons (Fsp3) is 0.857. The Morgan fingerprint density at radius 2 is 1.93 bits per heavy atom. The topological polar surface area (TPSA) is 87.8 Å². The molecule has 1 saturated carbocycles. The van der Waals surface area contributed by atoms with Crippen molar-refractivity contribution in [3.63, 3.8) is 0 Å². The SMILES string of the molecule is CCNC(=NCC1(N2CCOCC2)CCCCC1)NCCc1nc(C(C)C)no1. The summed E-state index contributed by atoms with van der Waals surface area (Å²) in [7, 11) is 0. The molecular weight excluding hydrogens is 368 g/mol. The van der Waals surface area contributed by atoms with E-state index in [1.54, 1.807) is 0 Å². The van der Waals surface area contributed by atoms with Crippen molar-refractivity contribution in [2.24, 2.45) is 4.99 Å². The van der Waals surface area contributed by atoms with Crippen molar-refractivity contribution in [1.29, 1.82) is 0 Å². The van der Waals surface area contributed by atoms with E-state index in [1.165, 1.54) is 32.1 Å². The summed E-state index contributed by atoms with van der Waals surface area (Å²) < 4.78 is 10.9. The molecule has 0 radical (unpaired) electrons. The van der Waals surface area contributed by atoms with Gasteiger partial charge in [-0.05, 0) is 19.8 Å². The second kappa shape index (κ2) is 10.9. The Morgan fingerprint density at radius 1 is 1.17 bits per heavy atom. The number of aliphatic imine (C=N–C) groups is 1. The molecule has 0 aromatic carbocycles. The Kier molecular flexibility index (Phi) is 8.29. The van der Waals surface area contributed by atoms with Crippen molar-refractivity contribution in [1.82, 2.24) is 25.7 Å². The minimum Gasteiger partial charge on any atom is -0.379 e. The van der Waals surface area contributed by atoms with Gasteiger partial charge in [0.25, 0.3) is 0 Å². The first kappa shape index (κ1) is 22.0. The van der Waals surface area contributed by atoms with Gasteiger partial charge >= 0.3 is 0 Å². The molecule has 8 nitrogen and oxygen atoms in total. The van der Waals surface area contributed by atoms with Crippen LogP contribution in [0, 0.1) is 0 Å². The van der Waals surface area contributed by atoms with E-state index >= 15 is 0 Å². The maximum atomic E-state index is 5.59. The molecule has 8 heteroatoms. The molecule has 1 aromatic heterocycles. The highest BCUT2D eigenvalue weighted by Crippen LogP contribution is 2.34. The average molecular weight is 407 g/mol. The number of hydrogen-bond acceptors (Lipinski definition) is 6. The maximum absolute atomic E-state index is 5.59. The van der Waals surface area contributed by atoms with Crippen molar-refractivity contribution in [2.75, 3.05) is 45.9 Å². The van der Waals surface area contributed by atoms with Gasteiger partial charge in [0.15, 0.2) is 11.8 Å². The number of ether oxygens (including phenoxy) is 1. The molecule has 2 fully saturated rings. The highest BCUT2D eigenvalue weighted by molar-refractivity contribution is 5.79. The molecule has 1 aromatic rings. The molecule has 2 N–H and O–H groups in total. The quantitative estimate of drug-likeness (QED) is 0.506. The van der Waals surface area contributed by atoms with E-state index in [9.17, 15) is 0 Å². The van der Waals surface area contributed by atoms with E-state index in [4.69, 9.17) is 14.3 Å². The number of nitrogens with one attached hydrogen (secondary N) is 2. The lowest BCUT2D eigenvalue weighted by Crippen LogP contribution is -2.56. The zero-order valence-corrected chi connectivity index (χ0v) is 18.4. The molecule has 2 heterocycles. The van der Waals surface area contributed by atoms with E-state index in [1.807, 2.05) is 0 Å². The van der Waals surface area contributed by atoms with Gasteiger partial charge in [0.2, 0.25) is 5.89 Å². The molecule has 0 spiro atoms. The summed E-state index contributed by atoms with van der Waals surface area (Å²) in [6.07, 6.45) is 7.10. The van der Waals surface area contributed by atoms with Crippen LogP contribution in [0.2, 0.25) is 0 Å². The van der Waals surface area contributed by atoms with Crippen molar-refractivity contribution in [2.45, 2.75) is 70.8 Å². The zero-order valence-electron chi connectivity index (χ0n) is 18.4. The third-order valence-corrected chi connectivity index (χ3v) is 5.97. The van der Waals surface area contributed by atoms with Crippen molar-refractivity contribution in [3.05, 3.63) is 11.7 Å². The predicted octanol–water partition coefficient (Wildman–Crippen LogP) is 2.33. The van der Waals surface area contributed by atoms with E-state index in [0.29, 0.717) is 12.3 Å². The molecule has 164 valence electrons. The first-order chi connectivity index (χ1) is 14.1. The van der Waals surface area contributed by atoms with Crippen LogP contribution in [0.1, 0.15) is 70.5 Å². The highest BCUT2D eigenvalue weighted by Gasteiger charge is 2.38. The number of nitrogens with zero attached hydrogens (tertiary/aromatic N) is 4. The van der Waals surface area contributed by atoms with Crippen molar-refractivity contribution < 1.29 is 9.26 Å². The maximum Gasteiger partial charge on any atom is 0.228 e. The van der Waals surface area contributed by atoms with Crippen LogP contribution in [0.15, 0.2) is 9.52 Å². The van der Waals surface area contributed by atoms with Crippen LogP contribution in [-0.4, -0.2) is 72.5 Å². The van der Waals surface area contributed by atoms with Gasteiger partial charge in [-0.2, -0.15) is 4.98 Å². The summed E-state index contributed by atoms with van der Waals surface area (Å²) >= 11 is 0. The van der Waals surface area contributed by atoms with Gasteiger partial charge in [-0.3, -0.25) is 9.89 Å². The Labute approximate surface area is 174 Å². The van der Waals surface area contributed by atoms with Crippen LogP contribution in [0.3, 0.4) is 0 Å². The highest BCUT2D eigenvalue weighted by atomic mass is 16.5. The first-order valence-electron chi connectivity index (χ1n) is 11.3. The Hall–Kier alpha value is -1.67. The third-order valence-electron chi connectivity index (χ3n) is 5.97. The Bertz CT molecular complexity index is 633. The zero-order chi connectivity index (χ0) is 20.5. The normalized spacial score (nSPS) is 20.8. The molecule has 1 aliphatic heterocycles. The summed E-state index contributed by atoms with van der Waals surface area (Å²) in [5.74, 6) is 2.60. The molecule has 29 heavy (non-hydrogen) atoms. The molecule has 2 aliphatic rings. The monoisotopic (exact) mass is 406 g/mol. The van der Waals surface area contributed by atoms with Gasteiger partial charge in [0.05, 0.1) is 19.8 Å². The average Bonchev–Trinajstić information content (AvgIpc) is 3.23. The van der Waals surface area contributed by atoms with E-state index in [0.717, 1.165) is 57.7 Å². The standard InChI is InChI=1S/C21H38N6O2/c1-4-22-20(23-11-8-18-25-19(17(2)3)26-29-18)24-16-21(9-6-5-7-10-21)27-12-14-28-15-13-27/h17H,4-16H2,1-3H3,(H2,22,23,24). The van der Waals surface area contributed by atoms with E-state index < -0.39 is 0 Å². The summed E-state index contributed by atoms with van der Waals surface area (Å²) in [6.45, 7) is 12.4. The molecule has 3 rings (SSSR count). The van der Waals surface area contributed by atoms with Crippen LogP contribution in [0.4, 0.5) is 0 Å².